The lowest BCUT2D eigenvalue weighted by Gasteiger charge is -2.32. The predicted molar refractivity (Wildman–Crippen MR) is 79.3 cm³/mol. The first-order valence-electron chi connectivity index (χ1n) is 7.13. The zero-order chi connectivity index (χ0) is 15.1. The van der Waals surface area contributed by atoms with Gasteiger partial charge in [-0.25, -0.2) is 4.79 Å². The molecule has 1 amide bonds. The Hall–Kier alpha value is -0.750. The number of carboxylic acids is 1. The molecule has 114 valence electrons. The van der Waals surface area contributed by atoms with Gasteiger partial charge < -0.3 is 15.7 Å². The highest BCUT2D eigenvalue weighted by Gasteiger charge is 2.48. The van der Waals surface area contributed by atoms with Crippen LogP contribution < -0.4 is 5.73 Å². The van der Waals surface area contributed by atoms with E-state index in [1.54, 1.807) is 16.7 Å². The normalized spacial score (nSPS) is 28.5. The molecule has 5 nitrogen and oxygen atoms in total. The second kappa shape index (κ2) is 5.56. The Morgan fingerprint density at radius 3 is 2.45 bits per heavy atom. The van der Waals surface area contributed by atoms with Crippen LogP contribution in [0.1, 0.15) is 40.0 Å². The zero-order valence-corrected chi connectivity index (χ0v) is 13.2. The highest BCUT2D eigenvalue weighted by Crippen LogP contribution is 2.45. The summed E-state index contributed by atoms with van der Waals surface area (Å²) in [5, 5.41) is 9.35. The van der Waals surface area contributed by atoms with Gasteiger partial charge in [0.1, 0.15) is 6.04 Å². The summed E-state index contributed by atoms with van der Waals surface area (Å²) in [6.45, 7) is 5.99. The molecule has 1 saturated carbocycles. The lowest BCUT2D eigenvalue weighted by molar-refractivity contribution is -0.149. The first-order valence-corrected chi connectivity index (χ1v) is 8.18. The quantitative estimate of drug-likeness (QED) is 0.822. The van der Waals surface area contributed by atoms with Gasteiger partial charge in [0.15, 0.2) is 0 Å². The second-order valence-corrected chi connectivity index (χ2v) is 8.04. The minimum Gasteiger partial charge on any atom is -0.480 e. The average molecular weight is 300 g/mol. The summed E-state index contributed by atoms with van der Waals surface area (Å²) >= 11 is 1.60. The largest absolute Gasteiger partial charge is 0.480 e. The number of hydrogen-bond donors (Lipinski definition) is 2. The van der Waals surface area contributed by atoms with Gasteiger partial charge in [0.2, 0.25) is 5.91 Å². The van der Waals surface area contributed by atoms with Crippen LogP contribution in [-0.4, -0.2) is 45.1 Å². The summed E-state index contributed by atoms with van der Waals surface area (Å²) in [7, 11) is 0. The first kappa shape index (κ1) is 15.6. The Labute approximate surface area is 124 Å². The molecule has 3 unspecified atom stereocenters. The molecular formula is C14H24N2O3S. The Bertz CT molecular complexity index is 404. The molecule has 0 bridgehead atoms. The molecule has 0 radical (unpaired) electrons. The van der Waals surface area contributed by atoms with Gasteiger partial charge in [-0.15, -0.1) is 11.8 Å². The third kappa shape index (κ3) is 3.28. The number of nitrogens with two attached hydrogens (primary N) is 1. The van der Waals surface area contributed by atoms with Crippen molar-refractivity contribution in [2.45, 2.75) is 57.5 Å². The van der Waals surface area contributed by atoms with Gasteiger partial charge >= 0.3 is 5.97 Å². The SMILES string of the molecule is CC(C)(C)C(N)CC(=O)N1C(C(=O)O)CSC1C1CC1. The zero-order valence-electron chi connectivity index (χ0n) is 12.3. The Balaban J connectivity index is 2.09. The van der Waals surface area contributed by atoms with Crippen LogP contribution in [0, 0.1) is 11.3 Å². The molecule has 0 spiro atoms. The summed E-state index contributed by atoms with van der Waals surface area (Å²) in [5.74, 6) is -0.0493. The second-order valence-electron chi connectivity index (χ2n) is 6.89. The van der Waals surface area contributed by atoms with E-state index < -0.39 is 12.0 Å². The van der Waals surface area contributed by atoms with Crippen LogP contribution >= 0.6 is 11.8 Å². The maximum atomic E-state index is 12.5. The number of amides is 1. The summed E-state index contributed by atoms with van der Waals surface area (Å²) < 4.78 is 0. The number of nitrogens with zero attached hydrogens (tertiary/aromatic N) is 1. The summed E-state index contributed by atoms with van der Waals surface area (Å²) in [6.07, 6.45) is 2.41. The van der Waals surface area contributed by atoms with Gasteiger partial charge in [-0.2, -0.15) is 0 Å². The van der Waals surface area contributed by atoms with Crippen molar-refractivity contribution in [1.29, 1.82) is 0 Å². The molecule has 6 heteroatoms. The molecule has 0 aromatic rings. The molecule has 1 aliphatic heterocycles. The number of hydrogen-bond acceptors (Lipinski definition) is 4. The van der Waals surface area contributed by atoms with Crippen LogP contribution in [0.5, 0.6) is 0 Å². The van der Waals surface area contributed by atoms with Gasteiger partial charge in [0, 0.05) is 18.2 Å². The molecule has 1 aliphatic carbocycles. The highest BCUT2D eigenvalue weighted by atomic mass is 32.2. The van der Waals surface area contributed by atoms with Gasteiger partial charge in [0.05, 0.1) is 5.37 Å². The molecule has 0 aromatic carbocycles. The van der Waals surface area contributed by atoms with Crippen molar-refractivity contribution < 1.29 is 14.7 Å². The predicted octanol–water partition coefficient (Wildman–Crippen LogP) is 1.51. The van der Waals surface area contributed by atoms with Crippen molar-refractivity contribution >= 4 is 23.6 Å². The van der Waals surface area contributed by atoms with E-state index in [1.807, 2.05) is 20.8 Å². The average Bonchev–Trinajstić information content (AvgIpc) is 3.05. The van der Waals surface area contributed by atoms with Crippen LogP contribution in [0.3, 0.4) is 0 Å². The summed E-state index contributed by atoms with van der Waals surface area (Å²) in [4.78, 5) is 25.5. The third-order valence-electron chi connectivity index (χ3n) is 4.14. The number of rotatable bonds is 4. The molecule has 2 fully saturated rings. The number of carbonyl (C=O) groups excluding carboxylic acids is 1. The molecule has 20 heavy (non-hydrogen) atoms. The molecule has 1 saturated heterocycles. The molecule has 3 N–H and O–H groups in total. The standard InChI is InChI=1S/C14H24N2O3S/c1-14(2,3)10(15)6-11(17)16-9(13(18)19)7-20-12(16)8-4-5-8/h8-10,12H,4-7,15H2,1-3H3,(H,18,19). The lowest BCUT2D eigenvalue weighted by atomic mass is 9.85. The number of thioether (sulfide) groups is 1. The molecule has 1 heterocycles. The van der Waals surface area contributed by atoms with Gasteiger partial charge in [-0.3, -0.25) is 4.79 Å². The molecule has 2 aliphatic rings. The van der Waals surface area contributed by atoms with Crippen molar-refractivity contribution in [3.8, 4) is 0 Å². The van der Waals surface area contributed by atoms with Crippen molar-refractivity contribution in [3.05, 3.63) is 0 Å². The van der Waals surface area contributed by atoms with E-state index >= 15 is 0 Å². The van der Waals surface area contributed by atoms with Crippen LogP contribution in [-0.2, 0) is 9.59 Å². The maximum Gasteiger partial charge on any atom is 0.327 e. The number of aliphatic carboxylic acids is 1. The van der Waals surface area contributed by atoms with Crippen molar-refractivity contribution in [1.82, 2.24) is 4.90 Å². The topological polar surface area (TPSA) is 83.6 Å². The third-order valence-corrected chi connectivity index (χ3v) is 5.60. The summed E-state index contributed by atoms with van der Waals surface area (Å²) in [6, 6.07) is -0.944. The fourth-order valence-corrected chi connectivity index (χ4v) is 4.03. The highest BCUT2D eigenvalue weighted by molar-refractivity contribution is 8.00. The smallest absolute Gasteiger partial charge is 0.327 e. The molecule has 2 rings (SSSR count). The Morgan fingerprint density at radius 2 is 2.00 bits per heavy atom. The van der Waals surface area contributed by atoms with Gasteiger partial charge in [-0.1, -0.05) is 20.8 Å². The van der Waals surface area contributed by atoms with E-state index in [0.717, 1.165) is 12.8 Å². The van der Waals surface area contributed by atoms with Crippen LogP contribution in [0.4, 0.5) is 0 Å². The van der Waals surface area contributed by atoms with Crippen molar-refractivity contribution in [2.24, 2.45) is 17.1 Å². The minimum absolute atomic E-state index is 0.0377. The first-order chi connectivity index (χ1) is 9.21. The lowest BCUT2D eigenvalue weighted by Crippen LogP contribution is -2.49. The van der Waals surface area contributed by atoms with Crippen LogP contribution in [0.2, 0.25) is 0 Å². The fourth-order valence-electron chi connectivity index (χ4n) is 2.38. The van der Waals surface area contributed by atoms with Crippen LogP contribution in [0.25, 0.3) is 0 Å². The monoisotopic (exact) mass is 300 g/mol. The van der Waals surface area contributed by atoms with E-state index in [0.29, 0.717) is 11.7 Å². The van der Waals surface area contributed by atoms with Gasteiger partial charge in [0.25, 0.3) is 0 Å². The van der Waals surface area contributed by atoms with E-state index in [-0.39, 0.29) is 29.2 Å². The molecule has 3 atom stereocenters. The molecule has 0 aromatic heterocycles. The Kier molecular flexibility index (Phi) is 4.35. The van der Waals surface area contributed by atoms with E-state index in [1.165, 1.54) is 0 Å². The van der Waals surface area contributed by atoms with E-state index in [9.17, 15) is 14.7 Å². The fraction of sp³-hybridized carbons (Fsp3) is 0.857. The number of carboxylic acid groups (broad SMARTS) is 1. The van der Waals surface area contributed by atoms with Gasteiger partial charge in [-0.05, 0) is 24.2 Å². The van der Waals surface area contributed by atoms with Crippen molar-refractivity contribution in [3.63, 3.8) is 0 Å². The summed E-state index contributed by atoms with van der Waals surface area (Å²) in [5.41, 5.74) is 5.92. The Morgan fingerprint density at radius 1 is 1.40 bits per heavy atom. The van der Waals surface area contributed by atoms with Crippen molar-refractivity contribution in [2.75, 3.05) is 5.75 Å². The number of carbonyl (C=O) groups is 2. The van der Waals surface area contributed by atoms with Crippen LogP contribution in [0.15, 0.2) is 0 Å². The van der Waals surface area contributed by atoms with E-state index in [4.69, 9.17) is 5.73 Å². The maximum absolute atomic E-state index is 12.5. The van der Waals surface area contributed by atoms with E-state index in [2.05, 4.69) is 0 Å². The molecular weight excluding hydrogens is 276 g/mol. The minimum atomic E-state index is -0.904.